The van der Waals surface area contributed by atoms with Crippen molar-refractivity contribution < 1.29 is 9.84 Å². The summed E-state index contributed by atoms with van der Waals surface area (Å²) in [5.74, 6) is 0.0287. The van der Waals surface area contributed by atoms with Gasteiger partial charge in [0.2, 0.25) is 0 Å². The Hall–Kier alpha value is -3.29. The highest BCUT2D eigenvalue weighted by Crippen LogP contribution is 2.47. The van der Waals surface area contributed by atoms with E-state index in [1.54, 1.807) is 19.2 Å². The lowest BCUT2D eigenvalue weighted by atomic mass is 9.97. The van der Waals surface area contributed by atoms with E-state index in [1.165, 1.54) is 17.7 Å². The largest absolute Gasteiger partial charge is 0.508 e. The van der Waals surface area contributed by atoms with Crippen molar-refractivity contribution in [2.45, 2.75) is 32.4 Å². The molecular formula is C26H26ClN3O4. The Bertz CT molecular complexity index is 1590. The fraction of sp³-hybridized carbons (Fsp3) is 0.308. The molecular weight excluding hydrogens is 454 g/mol. The molecule has 7 nitrogen and oxygen atoms in total. The fourth-order valence-electron chi connectivity index (χ4n) is 5.03. The maximum absolute atomic E-state index is 13.6. The molecule has 0 unspecified atom stereocenters. The SMILES string of the molecule is Cc1cccc(-c2c3c(=O)n(C)c(=O)n(C)c3c3n2C(C)(C)CO[C@H]3c2cc(Cl)ccc2O)c1. The predicted octanol–water partition coefficient (Wildman–Crippen LogP) is 4.23. The van der Waals surface area contributed by atoms with Crippen molar-refractivity contribution in [1.82, 2.24) is 13.7 Å². The number of aromatic hydroxyl groups is 1. The van der Waals surface area contributed by atoms with Crippen molar-refractivity contribution in [3.8, 4) is 17.0 Å². The van der Waals surface area contributed by atoms with Crippen molar-refractivity contribution in [2.24, 2.45) is 14.1 Å². The third-order valence-electron chi connectivity index (χ3n) is 6.63. The van der Waals surface area contributed by atoms with Crippen molar-refractivity contribution >= 4 is 22.5 Å². The predicted molar refractivity (Wildman–Crippen MR) is 133 cm³/mol. The van der Waals surface area contributed by atoms with Crippen LogP contribution in [0.3, 0.4) is 0 Å². The summed E-state index contributed by atoms with van der Waals surface area (Å²) in [7, 11) is 3.14. The quantitative estimate of drug-likeness (QED) is 0.466. The number of ether oxygens (including phenoxy) is 1. The monoisotopic (exact) mass is 479 g/mol. The molecule has 34 heavy (non-hydrogen) atoms. The maximum atomic E-state index is 13.6. The second kappa shape index (κ2) is 7.61. The third kappa shape index (κ3) is 3.15. The topological polar surface area (TPSA) is 78.4 Å². The molecule has 0 saturated carbocycles. The van der Waals surface area contributed by atoms with Crippen molar-refractivity contribution in [3.63, 3.8) is 0 Å². The van der Waals surface area contributed by atoms with Gasteiger partial charge in [-0.25, -0.2) is 4.79 Å². The van der Waals surface area contributed by atoms with Crippen molar-refractivity contribution in [1.29, 1.82) is 0 Å². The van der Waals surface area contributed by atoms with Gasteiger partial charge in [-0.1, -0.05) is 35.4 Å². The van der Waals surface area contributed by atoms with Crippen LogP contribution in [0.15, 0.2) is 52.1 Å². The van der Waals surface area contributed by atoms with E-state index in [-0.39, 0.29) is 11.3 Å². The van der Waals surface area contributed by atoms with E-state index in [9.17, 15) is 14.7 Å². The summed E-state index contributed by atoms with van der Waals surface area (Å²) in [6.45, 7) is 6.39. The molecule has 0 amide bonds. The minimum absolute atomic E-state index is 0.0287. The van der Waals surface area contributed by atoms with Gasteiger partial charge in [0.25, 0.3) is 5.56 Å². The molecule has 0 saturated heterocycles. The third-order valence-corrected chi connectivity index (χ3v) is 6.86. The Labute approximate surface area is 201 Å². The van der Waals surface area contributed by atoms with Gasteiger partial charge in [-0.05, 0) is 50.6 Å². The lowest BCUT2D eigenvalue weighted by Crippen LogP contribution is -2.40. The van der Waals surface area contributed by atoms with Crippen molar-refractivity contribution in [3.05, 3.63) is 85.1 Å². The molecule has 5 rings (SSSR count). The molecule has 8 heteroatoms. The average Bonchev–Trinajstić information content (AvgIpc) is 3.16. The van der Waals surface area contributed by atoms with Gasteiger partial charge >= 0.3 is 5.69 Å². The van der Waals surface area contributed by atoms with Crippen LogP contribution in [0.5, 0.6) is 5.75 Å². The summed E-state index contributed by atoms with van der Waals surface area (Å²) in [5.41, 5.74) is 2.91. The van der Waals surface area contributed by atoms with Gasteiger partial charge in [0.05, 0.1) is 34.4 Å². The van der Waals surface area contributed by atoms with Gasteiger partial charge in [-0.3, -0.25) is 13.9 Å². The number of aryl methyl sites for hydroxylation is 2. The molecule has 176 valence electrons. The number of hydrogen-bond donors (Lipinski definition) is 1. The van der Waals surface area contributed by atoms with Gasteiger partial charge in [0.15, 0.2) is 0 Å². The first-order valence-corrected chi connectivity index (χ1v) is 11.4. The number of nitrogens with zero attached hydrogens (tertiary/aromatic N) is 3. The lowest BCUT2D eigenvalue weighted by molar-refractivity contribution is -0.00798. The zero-order valence-corrected chi connectivity index (χ0v) is 20.5. The van der Waals surface area contributed by atoms with Crippen molar-refractivity contribution in [2.75, 3.05) is 6.61 Å². The molecule has 0 bridgehead atoms. The Balaban J connectivity index is 2.04. The van der Waals surface area contributed by atoms with Gasteiger partial charge in [0, 0.05) is 24.7 Å². The number of aromatic nitrogens is 3. The zero-order chi connectivity index (χ0) is 24.5. The average molecular weight is 480 g/mol. The standard InChI is InChI=1S/C26H26ClN3O4/c1-14-7-6-8-15(11-14)20-19-21(28(4)25(33)29(5)24(19)32)22-23(34-13-26(2,3)30(20)22)17-12-16(27)9-10-18(17)31/h6-12,23,31H,13H2,1-5H3/t23-/m0/s1. The highest BCUT2D eigenvalue weighted by atomic mass is 35.5. The Morgan fingerprint density at radius 3 is 2.53 bits per heavy atom. The number of fused-ring (bicyclic) bond motifs is 3. The Morgan fingerprint density at radius 1 is 1.09 bits per heavy atom. The summed E-state index contributed by atoms with van der Waals surface area (Å²) in [5, 5.41) is 11.6. The number of rotatable bonds is 2. The van der Waals surface area contributed by atoms with Crippen LogP contribution in [0.4, 0.5) is 0 Å². The summed E-state index contributed by atoms with van der Waals surface area (Å²) < 4.78 is 11.0. The van der Waals surface area contributed by atoms with Crippen LogP contribution in [-0.2, 0) is 24.4 Å². The molecule has 0 aliphatic carbocycles. The van der Waals surface area contributed by atoms with Crippen LogP contribution in [-0.4, -0.2) is 25.4 Å². The number of hydrogen-bond acceptors (Lipinski definition) is 4. The van der Waals surface area contributed by atoms with Crippen LogP contribution in [0, 0.1) is 6.92 Å². The van der Waals surface area contributed by atoms with Gasteiger partial charge in [0.1, 0.15) is 11.9 Å². The van der Waals surface area contributed by atoms with E-state index in [4.69, 9.17) is 16.3 Å². The summed E-state index contributed by atoms with van der Waals surface area (Å²) in [6.07, 6.45) is -0.731. The highest BCUT2D eigenvalue weighted by Gasteiger charge is 2.41. The van der Waals surface area contributed by atoms with Crippen LogP contribution < -0.4 is 11.2 Å². The summed E-state index contributed by atoms with van der Waals surface area (Å²) in [4.78, 5) is 26.6. The summed E-state index contributed by atoms with van der Waals surface area (Å²) in [6, 6.07) is 12.7. The normalized spacial score (nSPS) is 17.2. The minimum atomic E-state index is -0.731. The van der Waals surface area contributed by atoms with Crippen LogP contribution >= 0.6 is 11.6 Å². The van der Waals surface area contributed by atoms with E-state index in [1.807, 2.05) is 45.0 Å². The molecule has 0 spiro atoms. The maximum Gasteiger partial charge on any atom is 0.331 e. The molecule has 1 aliphatic heterocycles. The van der Waals surface area contributed by atoms with Crippen LogP contribution in [0.25, 0.3) is 22.2 Å². The molecule has 4 aromatic rings. The van der Waals surface area contributed by atoms with Gasteiger partial charge in [-0.15, -0.1) is 0 Å². The van der Waals surface area contributed by atoms with E-state index >= 15 is 0 Å². The van der Waals surface area contributed by atoms with E-state index in [2.05, 4.69) is 4.57 Å². The first kappa shape index (κ1) is 22.5. The molecule has 3 heterocycles. The molecule has 0 radical (unpaired) electrons. The zero-order valence-electron chi connectivity index (χ0n) is 19.7. The van der Waals surface area contributed by atoms with E-state index in [0.717, 1.165) is 21.4 Å². The number of phenolic OH excluding ortho intramolecular Hbond substituents is 1. The highest BCUT2D eigenvalue weighted by molar-refractivity contribution is 6.30. The molecule has 1 aliphatic rings. The molecule has 0 fully saturated rings. The van der Waals surface area contributed by atoms with Crippen LogP contribution in [0.2, 0.25) is 5.02 Å². The van der Waals surface area contributed by atoms with E-state index in [0.29, 0.717) is 33.8 Å². The smallest absolute Gasteiger partial charge is 0.331 e. The Kier molecular flexibility index (Phi) is 5.04. The molecule has 2 aromatic heterocycles. The number of phenols is 1. The fourth-order valence-corrected chi connectivity index (χ4v) is 5.22. The molecule has 2 aromatic carbocycles. The second-order valence-corrected chi connectivity index (χ2v) is 10.0. The second-order valence-electron chi connectivity index (χ2n) is 9.57. The lowest BCUT2D eigenvalue weighted by Gasteiger charge is -2.39. The molecule has 1 N–H and O–H groups in total. The number of halogens is 1. The Morgan fingerprint density at radius 2 is 1.82 bits per heavy atom. The summed E-state index contributed by atoms with van der Waals surface area (Å²) >= 11 is 6.28. The van der Waals surface area contributed by atoms with E-state index < -0.39 is 17.3 Å². The van der Waals surface area contributed by atoms with Gasteiger partial charge < -0.3 is 14.4 Å². The van der Waals surface area contributed by atoms with Crippen LogP contribution in [0.1, 0.15) is 36.8 Å². The minimum Gasteiger partial charge on any atom is -0.508 e. The molecule has 1 atom stereocenters. The first-order chi connectivity index (χ1) is 16.0. The van der Waals surface area contributed by atoms with Gasteiger partial charge in [-0.2, -0.15) is 0 Å². The number of benzene rings is 2. The first-order valence-electron chi connectivity index (χ1n) is 11.0.